The van der Waals surface area contributed by atoms with Crippen LogP contribution >= 0.6 is 11.6 Å². The fraction of sp³-hybridized carbons (Fsp3) is 0.267. The van der Waals surface area contributed by atoms with Crippen LogP contribution in [-0.4, -0.2) is 19.6 Å². The second-order valence-electron chi connectivity index (χ2n) is 5.36. The van der Waals surface area contributed by atoms with Crippen LogP contribution in [0.2, 0.25) is 5.02 Å². The van der Waals surface area contributed by atoms with Crippen molar-refractivity contribution in [2.45, 2.75) is 26.3 Å². The standard InChI is InChI=1S/C15H16ClN5O/c1-9(2)12-7-13(22)21-15(18-12)19-14(20-21)17-8-10-3-5-11(16)6-4-10/h3-7,9H,8H2,1-2H3,(H2,17,18,19,20). The average molecular weight is 318 g/mol. The molecule has 0 unspecified atom stereocenters. The van der Waals surface area contributed by atoms with Gasteiger partial charge in [0.25, 0.3) is 11.3 Å². The van der Waals surface area contributed by atoms with Crippen molar-refractivity contribution in [1.29, 1.82) is 0 Å². The molecule has 0 aliphatic carbocycles. The molecule has 2 heterocycles. The van der Waals surface area contributed by atoms with Crippen LogP contribution in [0.1, 0.15) is 31.0 Å². The highest BCUT2D eigenvalue weighted by Crippen LogP contribution is 2.12. The van der Waals surface area contributed by atoms with E-state index in [1.54, 1.807) is 0 Å². The molecule has 22 heavy (non-hydrogen) atoms. The van der Waals surface area contributed by atoms with Gasteiger partial charge in [-0.1, -0.05) is 37.6 Å². The van der Waals surface area contributed by atoms with Crippen LogP contribution in [0.3, 0.4) is 0 Å². The van der Waals surface area contributed by atoms with E-state index in [2.05, 4.69) is 20.4 Å². The first-order chi connectivity index (χ1) is 10.5. The molecule has 2 aromatic heterocycles. The molecule has 2 N–H and O–H groups in total. The van der Waals surface area contributed by atoms with Crippen molar-refractivity contribution in [1.82, 2.24) is 19.6 Å². The molecule has 0 aliphatic heterocycles. The molecule has 0 saturated heterocycles. The molecule has 0 fully saturated rings. The van der Waals surface area contributed by atoms with Crippen molar-refractivity contribution in [2.75, 3.05) is 5.32 Å². The van der Waals surface area contributed by atoms with Crippen molar-refractivity contribution in [3.8, 4) is 0 Å². The quantitative estimate of drug-likeness (QED) is 0.776. The van der Waals surface area contributed by atoms with Crippen LogP contribution in [0.15, 0.2) is 35.1 Å². The van der Waals surface area contributed by atoms with Gasteiger partial charge in [-0.05, 0) is 23.6 Å². The van der Waals surface area contributed by atoms with E-state index in [-0.39, 0.29) is 11.5 Å². The second kappa shape index (κ2) is 5.81. The second-order valence-corrected chi connectivity index (χ2v) is 5.80. The van der Waals surface area contributed by atoms with Gasteiger partial charge in [0, 0.05) is 17.6 Å². The Morgan fingerprint density at radius 1 is 1.27 bits per heavy atom. The van der Waals surface area contributed by atoms with E-state index in [1.165, 1.54) is 10.6 Å². The Morgan fingerprint density at radius 2 is 2.00 bits per heavy atom. The van der Waals surface area contributed by atoms with E-state index in [0.717, 1.165) is 11.3 Å². The smallest absolute Gasteiger partial charge is 0.274 e. The minimum atomic E-state index is -0.166. The largest absolute Gasteiger partial charge is 0.351 e. The molecular weight excluding hydrogens is 302 g/mol. The molecule has 0 radical (unpaired) electrons. The third-order valence-corrected chi connectivity index (χ3v) is 3.57. The first kappa shape index (κ1) is 14.6. The van der Waals surface area contributed by atoms with Crippen LogP contribution in [0, 0.1) is 0 Å². The average Bonchev–Trinajstić information content (AvgIpc) is 2.90. The lowest BCUT2D eigenvalue weighted by Gasteiger charge is -2.02. The lowest BCUT2D eigenvalue weighted by Crippen LogP contribution is -2.16. The highest BCUT2D eigenvalue weighted by Gasteiger charge is 2.09. The zero-order valence-electron chi connectivity index (χ0n) is 12.3. The molecule has 0 aliphatic rings. The Balaban J connectivity index is 1.84. The van der Waals surface area contributed by atoms with Gasteiger partial charge in [-0.15, -0.1) is 0 Å². The number of benzene rings is 1. The summed E-state index contributed by atoms with van der Waals surface area (Å²) in [5.41, 5.74) is 1.63. The summed E-state index contributed by atoms with van der Waals surface area (Å²) in [6.07, 6.45) is 0. The van der Waals surface area contributed by atoms with Crippen molar-refractivity contribution in [2.24, 2.45) is 0 Å². The Morgan fingerprint density at radius 3 is 2.68 bits per heavy atom. The summed E-state index contributed by atoms with van der Waals surface area (Å²) in [6, 6.07) is 9.05. The van der Waals surface area contributed by atoms with Gasteiger partial charge in [-0.25, -0.2) is 4.98 Å². The van der Waals surface area contributed by atoms with Crippen molar-refractivity contribution >= 4 is 23.3 Å². The lowest BCUT2D eigenvalue weighted by molar-refractivity contribution is 0.795. The van der Waals surface area contributed by atoms with Gasteiger partial charge in [0.05, 0.1) is 5.69 Å². The monoisotopic (exact) mass is 317 g/mol. The maximum absolute atomic E-state index is 12.0. The number of halogens is 1. The van der Waals surface area contributed by atoms with Crippen LogP contribution in [0.4, 0.5) is 5.95 Å². The summed E-state index contributed by atoms with van der Waals surface area (Å²) >= 11 is 5.85. The summed E-state index contributed by atoms with van der Waals surface area (Å²) in [6.45, 7) is 4.55. The lowest BCUT2D eigenvalue weighted by atomic mass is 10.1. The molecule has 6 nitrogen and oxygen atoms in total. The van der Waals surface area contributed by atoms with E-state index in [9.17, 15) is 4.79 Å². The number of nitrogens with one attached hydrogen (secondary N) is 2. The van der Waals surface area contributed by atoms with Gasteiger partial charge in [0.15, 0.2) is 0 Å². The van der Waals surface area contributed by atoms with Gasteiger partial charge >= 0.3 is 0 Å². The topological polar surface area (TPSA) is 75.1 Å². The highest BCUT2D eigenvalue weighted by molar-refractivity contribution is 6.30. The third kappa shape index (κ3) is 2.96. The van der Waals surface area contributed by atoms with Crippen molar-refractivity contribution in [3.05, 3.63) is 57.0 Å². The molecule has 7 heteroatoms. The Kier molecular flexibility index (Phi) is 3.85. The van der Waals surface area contributed by atoms with Gasteiger partial charge in [0.1, 0.15) is 0 Å². The minimum absolute atomic E-state index is 0.166. The molecule has 0 bridgehead atoms. The molecule has 3 aromatic rings. The van der Waals surface area contributed by atoms with Crippen LogP contribution < -0.4 is 10.9 Å². The zero-order chi connectivity index (χ0) is 15.7. The van der Waals surface area contributed by atoms with Gasteiger partial charge < -0.3 is 5.32 Å². The van der Waals surface area contributed by atoms with Gasteiger partial charge in [-0.2, -0.15) is 9.50 Å². The molecule has 1 aromatic carbocycles. The van der Waals surface area contributed by atoms with E-state index < -0.39 is 0 Å². The van der Waals surface area contributed by atoms with E-state index >= 15 is 0 Å². The summed E-state index contributed by atoms with van der Waals surface area (Å²) in [4.78, 5) is 20.7. The van der Waals surface area contributed by atoms with Crippen LogP contribution in [0.25, 0.3) is 5.78 Å². The van der Waals surface area contributed by atoms with Gasteiger partial charge in [-0.3, -0.25) is 9.89 Å². The van der Waals surface area contributed by atoms with Crippen LogP contribution in [0.5, 0.6) is 0 Å². The number of hydrogen-bond donors (Lipinski definition) is 2. The minimum Gasteiger partial charge on any atom is -0.351 e. The first-order valence-electron chi connectivity index (χ1n) is 7.01. The molecular formula is C15H16ClN5O. The maximum Gasteiger partial charge on any atom is 0.274 e. The molecule has 0 amide bonds. The Hall–Kier alpha value is -2.34. The normalized spacial score (nSPS) is 11.3. The Labute approximate surface area is 132 Å². The molecule has 0 saturated carbocycles. The fourth-order valence-electron chi connectivity index (χ4n) is 2.06. The summed E-state index contributed by atoms with van der Waals surface area (Å²) < 4.78 is 1.33. The molecule has 0 atom stereocenters. The summed E-state index contributed by atoms with van der Waals surface area (Å²) in [5, 5.41) is 6.74. The summed E-state index contributed by atoms with van der Waals surface area (Å²) in [7, 11) is 0. The maximum atomic E-state index is 12.0. The molecule has 3 rings (SSSR count). The van der Waals surface area contributed by atoms with Crippen LogP contribution in [-0.2, 0) is 6.54 Å². The van der Waals surface area contributed by atoms with Crippen molar-refractivity contribution < 1.29 is 0 Å². The number of hydrogen-bond acceptors (Lipinski definition) is 4. The first-order valence-corrected chi connectivity index (χ1v) is 7.39. The number of nitrogens with zero attached hydrogens (tertiary/aromatic N) is 3. The molecule has 0 spiro atoms. The Bertz CT molecular complexity index is 850. The molecule has 114 valence electrons. The predicted molar refractivity (Wildman–Crippen MR) is 86.5 cm³/mol. The van der Waals surface area contributed by atoms with Crippen molar-refractivity contribution in [3.63, 3.8) is 0 Å². The predicted octanol–water partition coefficient (Wildman–Crippen LogP) is 2.81. The van der Waals surface area contributed by atoms with E-state index in [1.807, 2.05) is 38.1 Å². The SMILES string of the molecule is CC(C)c1cc(=O)n2[nH]c(NCc3ccc(Cl)cc3)nc2n1. The number of aromatic amines is 1. The third-order valence-electron chi connectivity index (χ3n) is 3.32. The zero-order valence-corrected chi connectivity index (χ0v) is 13.1. The highest BCUT2D eigenvalue weighted by atomic mass is 35.5. The number of H-pyrrole nitrogens is 1. The summed E-state index contributed by atoms with van der Waals surface area (Å²) in [5.74, 6) is 1.05. The number of aromatic nitrogens is 4. The van der Waals surface area contributed by atoms with Gasteiger partial charge in [0.2, 0.25) is 5.95 Å². The van der Waals surface area contributed by atoms with E-state index in [0.29, 0.717) is 23.3 Å². The van der Waals surface area contributed by atoms with E-state index in [4.69, 9.17) is 11.6 Å². The fourth-order valence-corrected chi connectivity index (χ4v) is 2.19. The number of fused-ring (bicyclic) bond motifs is 1. The number of anilines is 1. The number of rotatable bonds is 4.